The molecule has 0 radical (unpaired) electrons. The number of anilines is 1. The molecule has 1 aliphatic heterocycles. The number of amidine groups is 1. The highest BCUT2D eigenvalue weighted by atomic mass is 16.6. The predicted octanol–water partition coefficient (Wildman–Crippen LogP) is 2.38. The largest absolute Gasteiger partial charge is 0.497 e. The second-order valence-electron chi connectivity index (χ2n) is 8.08. The van der Waals surface area contributed by atoms with Crippen molar-refractivity contribution < 1.29 is 28.6 Å². The molecule has 35 heavy (non-hydrogen) atoms. The van der Waals surface area contributed by atoms with Gasteiger partial charge in [0.1, 0.15) is 17.6 Å². The van der Waals surface area contributed by atoms with E-state index >= 15 is 0 Å². The molecule has 3 rings (SSSR count). The van der Waals surface area contributed by atoms with Gasteiger partial charge in [0, 0.05) is 17.7 Å². The van der Waals surface area contributed by atoms with E-state index < -0.39 is 30.1 Å². The minimum Gasteiger partial charge on any atom is -0.497 e. The molecule has 1 heterocycles. The van der Waals surface area contributed by atoms with Crippen molar-refractivity contribution in [3.63, 3.8) is 0 Å². The van der Waals surface area contributed by atoms with Crippen LogP contribution in [0.25, 0.3) is 0 Å². The summed E-state index contributed by atoms with van der Waals surface area (Å²) in [6, 6.07) is 12.7. The van der Waals surface area contributed by atoms with Gasteiger partial charge in [-0.3, -0.25) is 15.1 Å². The van der Waals surface area contributed by atoms with Crippen LogP contribution in [0.15, 0.2) is 48.5 Å². The van der Waals surface area contributed by atoms with Crippen molar-refractivity contribution in [3.8, 4) is 5.75 Å². The summed E-state index contributed by atoms with van der Waals surface area (Å²) in [4.78, 5) is 39.4. The molecule has 1 fully saturated rings. The number of benzene rings is 2. The average Bonchev–Trinajstić information content (AvgIpc) is 3.25. The van der Waals surface area contributed by atoms with Crippen LogP contribution in [0, 0.1) is 5.41 Å². The van der Waals surface area contributed by atoms with E-state index in [1.165, 1.54) is 4.90 Å². The summed E-state index contributed by atoms with van der Waals surface area (Å²) in [5.41, 5.74) is 7.29. The molecule has 0 spiro atoms. The molecular weight excluding hydrogens is 452 g/mol. The number of hydrogen-bond donors (Lipinski definition) is 3. The molecule has 2 amide bonds. The monoisotopic (exact) mass is 482 g/mol. The molecule has 0 saturated carbocycles. The number of amides is 2. The van der Waals surface area contributed by atoms with Crippen molar-refractivity contribution in [2.75, 3.05) is 25.2 Å². The van der Waals surface area contributed by atoms with Crippen molar-refractivity contribution >= 4 is 29.5 Å². The lowest BCUT2D eigenvalue weighted by atomic mass is 10.1. The molecule has 1 unspecified atom stereocenters. The number of unbranched alkanes of at least 4 members (excludes halogenated alkanes) is 1. The van der Waals surface area contributed by atoms with E-state index in [1.54, 1.807) is 55.6 Å². The Morgan fingerprint density at radius 1 is 1.20 bits per heavy atom. The van der Waals surface area contributed by atoms with Gasteiger partial charge in [-0.05, 0) is 48.4 Å². The summed E-state index contributed by atoms with van der Waals surface area (Å²) >= 11 is 0. The third-order valence-electron chi connectivity index (χ3n) is 5.54. The molecule has 0 aliphatic carbocycles. The van der Waals surface area contributed by atoms with Gasteiger partial charge in [-0.25, -0.2) is 9.59 Å². The Labute approximate surface area is 203 Å². The first-order valence-corrected chi connectivity index (χ1v) is 11.3. The molecule has 0 bridgehead atoms. The number of nitrogen functional groups attached to an aromatic ring is 1. The average molecular weight is 483 g/mol. The van der Waals surface area contributed by atoms with Gasteiger partial charge in [-0.1, -0.05) is 25.5 Å². The highest BCUT2D eigenvalue weighted by Crippen LogP contribution is 2.22. The van der Waals surface area contributed by atoms with Gasteiger partial charge in [0.2, 0.25) is 0 Å². The number of carbonyl (C=O) groups is 3. The molecule has 1 saturated heterocycles. The van der Waals surface area contributed by atoms with E-state index in [1.807, 2.05) is 6.92 Å². The number of carbonyl (C=O) groups excluding carboxylic acids is 3. The summed E-state index contributed by atoms with van der Waals surface area (Å²) in [5, 5.41) is 10.2. The first-order valence-electron chi connectivity index (χ1n) is 11.3. The summed E-state index contributed by atoms with van der Waals surface area (Å²) in [7, 11) is 1.56. The molecular formula is C25H30N4O6. The predicted molar refractivity (Wildman–Crippen MR) is 130 cm³/mol. The summed E-state index contributed by atoms with van der Waals surface area (Å²) in [5.74, 6) is -0.559. The Balaban J connectivity index is 1.68. The van der Waals surface area contributed by atoms with Crippen molar-refractivity contribution in [2.24, 2.45) is 5.73 Å². The number of nitrogens with two attached hydrogens (primary N) is 1. The SMILES string of the molecule is CCCCOC(=O)[C@@H](Cc1ccc(OC)cc1)NC(=O)C1CN(c2ccc(C(=N)N)cc2)C(=O)O1. The molecule has 2 aromatic rings. The van der Waals surface area contributed by atoms with E-state index in [-0.39, 0.29) is 25.4 Å². The fraction of sp³-hybridized carbons (Fsp3) is 0.360. The van der Waals surface area contributed by atoms with Crippen LogP contribution in [0.1, 0.15) is 30.9 Å². The van der Waals surface area contributed by atoms with Gasteiger partial charge in [0.05, 0.1) is 20.3 Å². The van der Waals surface area contributed by atoms with Crippen LogP contribution in [0.3, 0.4) is 0 Å². The van der Waals surface area contributed by atoms with E-state index in [0.29, 0.717) is 23.4 Å². The second-order valence-corrected chi connectivity index (χ2v) is 8.08. The highest BCUT2D eigenvalue weighted by molar-refractivity contribution is 5.98. The zero-order valence-electron chi connectivity index (χ0n) is 19.8. The lowest BCUT2D eigenvalue weighted by molar-refractivity contribution is -0.148. The van der Waals surface area contributed by atoms with Crippen molar-refractivity contribution in [2.45, 2.75) is 38.3 Å². The zero-order valence-corrected chi connectivity index (χ0v) is 19.8. The van der Waals surface area contributed by atoms with E-state index in [9.17, 15) is 14.4 Å². The van der Waals surface area contributed by atoms with Crippen LogP contribution >= 0.6 is 0 Å². The highest BCUT2D eigenvalue weighted by Gasteiger charge is 2.38. The Morgan fingerprint density at radius 2 is 1.89 bits per heavy atom. The number of cyclic esters (lactones) is 1. The maximum atomic E-state index is 13.0. The maximum Gasteiger partial charge on any atom is 0.415 e. The number of nitrogens with one attached hydrogen (secondary N) is 2. The molecule has 2 atom stereocenters. The van der Waals surface area contributed by atoms with Gasteiger partial charge in [-0.2, -0.15) is 0 Å². The molecule has 0 aromatic heterocycles. The number of esters is 1. The fourth-order valence-corrected chi connectivity index (χ4v) is 3.50. The van der Waals surface area contributed by atoms with E-state index in [4.69, 9.17) is 25.4 Å². The number of nitrogens with zero attached hydrogens (tertiary/aromatic N) is 1. The van der Waals surface area contributed by atoms with Crippen LogP contribution in [0.5, 0.6) is 5.75 Å². The van der Waals surface area contributed by atoms with Gasteiger partial charge in [0.15, 0.2) is 6.10 Å². The van der Waals surface area contributed by atoms with Crippen molar-refractivity contribution in [1.82, 2.24) is 5.32 Å². The van der Waals surface area contributed by atoms with E-state index in [0.717, 1.165) is 12.0 Å². The van der Waals surface area contributed by atoms with Crippen molar-refractivity contribution in [1.29, 1.82) is 5.41 Å². The molecule has 2 aromatic carbocycles. The van der Waals surface area contributed by atoms with Crippen LogP contribution in [0.4, 0.5) is 10.5 Å². The summed E-state index contributed by atoms with van der Waals surface area (Å²) < 4.78 is 15.8. The first-order chi connectivity index (χ1) is 16.8. The smallest absolute Gasteiger partial charge is 0.415 e. The zero-order chi connectivity index (χ0) is 25.4. The lowest BCUT2D eigenvalue weighted by Crippen LogP contribution is -2.48. The van der Waals surface area contributed by atoms with Crippen LogP contribution in [0.2, 0.25) is 0 Å². The first kappa shape index (κ1) is 25.5. The molecule has 10 heteroatoms. The second kappa shape index (κ2) is 11.9. The number of methoxy groups -OCH3 is 1. The normalized spacial score (nSPS) is 15.8. The van der Waals surface area contributed by atoms with Crippen LogP contribution in [-0.4, -0.2) is 56.2 Å². The van der Waals surface area contributed by atoms with Gasteiger partial charge in [0.25, 0.3) is 5.91 Å². The lowest BCUT2D eigenvalue weighted by Gasteiger charge is -2.19. The minimum absolute atomic E-state index is 0.0236. The fourth-order valence-electron chi connectivity index (χ4n) is 3.50. The minimum atomic E-state index is -1.10. The van der Waals surface area contributed by atoms with Crippen LogP contribution in [-0.2, 0) is 25.5 Å². The molecule has 10 nitrogen and oxygen atoms in total. The summed E-state index contributed by atoms with van der Waals surface area (Å²) in [6.07, 6.45) is 0.00325. The Hall–Kier alpha value is -4.08. The van der Waals surface area contributed by atoms with Crippen molar-refractivity contribution in [3.05, 3.63) is 59.7 Å². The topological polar surface area (TPSA) is 144 Å². The number of ether oxygens (including phenoxy) is 3. The quantitative estimate of drug-likeness (QED) is 0.193. The third kappa shape index (κ3) is 6.72. The number of hydrogen-bond acceptors (Lipinski definition) is 7. The Morgan fingerprint density at radius 3 is 2.49 bits per heavy atom. The molecule has 186 valence electrons. The van der Waals surface area contributed by atoms with Gasteiger partial charge in [-0.15, -0.1) is 0 Å². The Kier molecular flexibility index (Phi) is 8.66. The summed E-state index contributed by atoms with van der Waals surface area (Å²) in [6.45, 7) is 2.22. The maximum absolute atomic E-state index is 13.0. The number of rotatable bonds is 11. The Bertz CT molecular complexity index is 1050. The molecule has 1 aliphatic rings. The molecule has 4 N–H and O–H groups in total. The van der Waals surface area contributed by atoms with Gasteiger partial charge < -0.3 is 25.3 Å². The van der Waals surface area contributed by atoms with Crippen LogP contribution < -0.4 is 20.7 Å². The third-order valence-corrected chi connectivity index (χ3v) is 5.54. The standard InChI is InChI=1S/C25H30N4O6/c1-3-4-13-34-24(31)20(14-16-5-11-19(33-2)12-6-16)28-23(30)21-15-29(25(32)35-21)18-9-7-17(8-10-18)22(26)27/h5-12,20-21H,3-4,13-15H2,1-2H3,(H3,26,27)(H,28,30)/t20-,21?/m1/s1. The van der Waals surface area contributed by atoms with E-state index in [2.05, 4.69) is 5.32 Å². The van der Waals surface area contributed by atoms with Gasteiger partial charge >= 0.3 is 12.1 Å².